The molecule has 68 heavy (non-hydrogen) atoms. The van der Waals surface area contributed by atoms with Crippen LogP contribution >= 0.6 is 0 Å². The minimum Gasteiger partial charge on any atom is -0.208 e. The summed E-state index contributed by atoms with van der Waals surface area (Å²) in [5.41, 5.74) is 19.4. The van der Waals surface area contributed by atoms with Crippen LogP contribution in [0.5, 0.6) is 0 Å². The average Bonchev–Trinajstić information content (AvgIpc) is 3.73. The van der Waals surface area contributed by atoms with Crippen LogP contribution in [0.15, 0.2) is 255 Å². The number of rotatable bonds is 7. The van der Waals surface area contributed by atoms with E-state index in [-0.39, 0.29) is 0 Å². The lowest BCUT2D eigenvalue weighted by Crippen LogP contribution is -2.27. The van der Waals surface area contributed by atoms with E-state index in [1.807, 2.05) is 0 Å². The Kier molecular flexibility index (Phi) is 10.3. The zero-order valence-electron chi connectivity index (χ0n) is 37.4. The second-order valence-electron chi connectivity index (χ2n) is 17.6. The molecule has 2 aliphatic rings. The molecule has 1 atom stereocenters. The van der Waals surface area contributed by atoms with E-state index in [0.29, 0.717) is 17.5 Å². The van der Waals surface area contributed by atoms with Crippen molar-refractivity contribution in [1.82, 2.24) is 15.0 Å². The van der Waals surface area contributed by atoms with Gasteiger partial charge in [0, 0.05) is 16.7 Å². The Morgan fingerprint density at radius 2 is 0.691 bits per heavy atom. The van der Waals surface area contributed by atoms with Crippen LogP contribution in [0.2, 0.25) is 0 Å². The third-order valence-corrected chi connectivity index (χ3v) is 13.6. The van der Waals surface area contributed by atoms with Crippen molar-refractivity contribution in [1.29, 1.82) is 0 Å². The van der Waals surface area contributed by atoms with E-state index in [0.717, 1.165) is 78.8 Å². The van der Waals surface area contributed by atoms with Gasteiger partial charge in [-0.25, -0.2) is 15.0 Å². The van der Waals surface area contributed by atoms with E-state index in [1.165, 1.54) is 27.8 Å². The first-order valence-corrected chi connectivity index (χ1v) is 23.2. The van der Waals surface area contributed by atoms with Crippen LogP contribution < -0.4 is 0 Å². The van der Waals surface area contributed by atoms with Crippen molar-refractivity contribution in [3.05, 3.63) is 278 Å². The summed E-state index contributed by atoms with van der Waals surface area (Å²) in [6.07, 6.45) is 9.46. The van der Waals surface area contributed by atoms with Gasteiger partial charge in [0.15, 0.2) is 17.5 Å². The smallest absolute Gasteiger partial charge is 0.164 e. The van der Waals surface area contributed by atoms with Gasteiger partial charge in [-0.15, -0.1) is 0 Å². The molecule has 0 saturated carbocycles. The summed E-state index contributed by atoms with van der Waals surface area (Å²) < 4.78 is 0. The molecule has 0 N–H and O–H groups in total. The zero-order valence-corrected chi connectivity index (χ0v) is 37.4. The van der Waals surface area contributed by atoms with Crippen LogP contribution in [0, 0.1) is 0 Å². The summed E-state index contributed by atoms with van der Waals surface area (Å²) >= 11 is 0. The maximum atomic E-state index is 5.48. The molecule has 12 rings (SSSR count). The van der Waals surface area contributed by atoms with Crippen molar-refractivity contribution in [3.8, 4) is 89.8 Å². The largest absolute Gasteiger partial charge is 0.208 e. The van der Waals surface area contributed by atoms with Crippen LogP contribution in [0.25, 0.3) is 95.4 Å². The third-order valence-electron chi connectivity index (χ3n) is 13.6. The number of allylic oxidation sites excluding steroid dienone is 5. The fraction of sp³-hybridized carbons (Fsp3) is 0.0308. The Morgan fingerprint density at radius 3 is 1.18 bits per heavy atom. The molecule has 10 aromatic rings. The first-order chi connectivity index (χ1) is 33.6. The summed E-state index contributed by atoms with van der Waals surface area (Å²) in [5, 5.41) is 0. The Morgan fingerprint density at radius 1 is 0.309 bits per heavy atom. The lowest BCUT2D eigenvalue weighted by Gasteiger charge is -2.34. The van der Waals surface area contributed by atoms with Gasteiger partial charge in [-0.3, -0.25) is 0 Å². The highest BCUT2D eigenvalue weighted by Crippen LogP contribution is 2.56. The first-order valence-electron chi connectivity index (χ1n) is 23.2. The van der Waals surface area contributed by atoms with E-state index in [9.17, 15) is 0 Å². The van der Waals surface area contributed by atoms with Gasteiger partial charge in [0.25, 0.3) is 0 Å². The predicted octanol–water partition coefficient (Wildman–Crippen LogP) is 16.4. The molecule has 0 radical (unpaired) electrons. The fourth-order valence-corrected chi connectivity index (χ4v) is 10.3. The van der Waals surface area contributed by atoms with E-state index >= 15 is 0 Å². The van der Waals surface area contributed by atoms with Crippen LogP contribution in [0.1, 0.15) is 28.7 Å². The van der Waals surface area contributed by atoms with Crippen molar-refractivity contribution in [2.75, 3.05) is 0 Å². The second-order valence-corrected chi connectivity index (χ2v) is 17.6. The highest BCUT2D eigenvalue weighted by Gasteiger charge is 2.45. The van der Waals surface area contributed by atoms with E-state index in [2.05, 4.69) is 255 Å². The lowest BCUT2D eigenvalue weighted by atomic mass is 9.68. The van der Waals surface area contributed by atoms with Gasteiger partial charge >= 0.3 is 0 Å². The molecule has 1 unspecified atom stereocenters. The Hall–Kier alpha value is -8.79. The minimum atomic E-state index is -0.494. The quantitative estimate of drug-likeness (QED) is 0.160. The summed E-state index contributed by atoms with van der Waals surface area (Å²) in [5.74, 6) is 1.81. The molecule has 2 aliphatic carbocycles. The molecule has 1 heterocycles. The summed E-state index contributed by atoms with van der Waals surface area (Å²) in [7, 11) is 0. The third kappa shape index (κ3) is 7.31. The molecular formula is C65H45N3. The molecule has 3 heteroatoms. The predicted molar refractivity (Wildman–Crippen MR) is 282 cm³/mol. The Balaban J connectivity index is 1.12. The lowest BCUT2D eigenvalue weighted by molar-refractivity contribution is 0.644. The maximum Gasteiger partial charge on any atom is 0.164 e. The van der Waals surface area contributed by atoms with E-state index in [1.54, 1.807) is 0 Å². The molecule has 3 nitrogen and oxygen atoms in total. The molecule has 1 aromatic heterocycles. The molecule has 320 valence electrons. The van der Waals surface area contributed by atoms with Gasteiger partial charge in [-0.1, -0.05) is 213 Å². The molecular weight excluding hydrogens is 823 g/mol. The molecule has 0 fully saturated rings. The van der Waals surface area contributed by atoms with Crippen LogP contribution in [0.3, 0.4) is 0 Å². The van der Waals surface area contributed by atoms with Gasteiger partial charge in [0.2, 0.25) is 0 Å². The second kappa shape index (κ2) is 17.2. The Labute approximate surface area is 397 Å². The zero-order chi connectivity index (χ0) is 45.4. The average molecular weight is 868 g/mol. The van der Waals surface area contributed by atoms with Crippen molar-refractivity contribution >= 4 is 5.57 Å². The molecule has 0 bridgehead atoms. The topological polar surface area (TPSA) is 38.7 Å². The number of benzene rings is 9. The highest BCUT2D eigenvalue weighted by molar-refractivity contribution is 5.89. The number of aromatic nitrogens is 3. The molecule has 1 spiro atoms. The molecule has 0 amide bonds. The first kappa shape index (κ1) is 40.7. The van der Waals surface area contributed by atoms with Crippen molar-refractivity contribution in [2.24, 2.45) is 0 Å². The maximum absolute atomic E-state index is 5.48. The van der Waals surface area contributed by atoms with Crippen molar-refractivity contribution < 1.29 is 0 Å². The standard InChI is InChI=1S/C65H45N3/c1-44-21-7-6-20-36-65(59-32-18-16-30-56(44)59)60-33-19-17-31-57(60)58-35-34-49(43-61(58)65)62-66-63(54-39-50(45-22-8-2-9-23-45)37-51(40-54)46-24-10-3-11-25-46)68-64(67-62)55-41-52(47-26-12-4-13-27-47)38-53(42-55)48-28-14-5-15-29-48/h2-35,37-43H,1,36H2/b20-6-,21-7-. The van der Waals surface area contributed by atoms with Gasteiger partial charge < -0.3 is 0 Å². The summed E-state index contributed by atoms with van der Waals surface area (Å²) in [6.45, 7) is 4.56. The van der Waals surface area contributed by atoms with Crippen LogP contribution in [-0.2, 0) is 5.41 Å². The SMILES string of the molecule is C=C1/C=C\C=C/CC2(c3ccccc31)c1ccccc1-c1ccc(-c3nc(-c4cc(-c5ccccc5)cc(-c5ccccc5)c4)nc(-c4cc(-c5ccccc5)cc(-c5ccccc5)c4)n3)cc12. The molecule has 0 saturated heterocycles. The number of nitrogens with zero attached hydrogens (tertiary/aromatic N) is 3. The highest BCUT2D eigenvalue weighted by atomic mass is 15.0. The van der Waals surface area contributed by atoms with Crippen LogP contribution in [0.4, 0.5) is 0 Å². The monoisotopic (exact) mass is 867 g/mol. The van der Waals surface area contributed by atoms with E-state index in [4.69, 9.17) is 15.0 Å². The summed E-state index contributed by atoms with van der Waals surface area (Å²) in [6, 6.07) is 80.1. The van der Waals surface area contributed by atoms with Gasteiger partial charge in [0.05, 0.1) is 5.41 Å². The van der Waals surface area contributed by atoms with Crippen molar-refractivity contribution in [3.63, 3.8) is 0 Å². The minimum absolute atomic E-state index is 0.494. The van der Waals surface area contributed by atoms with Crippen LogP contribution in [-0.4, -0.2) is 15.0 Å². The van der Waals surface area contributed by atoms with Gasteiger partial charge in [-0.2, -0.15) is 0 Å². The van der Waals surface area contributed by atoms with Gasteiger partial charge in [0.1, 0.15) is 0 Å². The van der Waals surface area contributed by atoms with E-state index < -0.39 is 5.41 Å². The summed E-state index contributed by atoms with van der Waals surface area (Å²) in [4.78, 5) is 16.4. The molecule has 9 aromatic carbocycles. The number of hydrogen-bond acceptors (Lipinski definition) is 3. The number of hydrogen-bond donors (Lipinski definition) is 0. The fourth-order valence-electron chi connectivity index (χ4n) is 10.3. The molecule has 0 aliphatic heterocycles. The number of fused-ring (bicyclic) bond motifs is 7. The normalized spacial score (nSPS) is 15.6. The van der Waals surface area contributed by atoms with Crippen molar-refractivity contribution in [2.45, 2.75) is 11.8 Å². The Bertz CT molecular complexity index is 3330. The van der Waals surface area contributed by atoms with Gasteiger partial charge in [-0.05, 0) is 132 Å².